The van der Waals surface area contributed by atoms with Crippen LogP contribution < -0.4 is 10.6 Å². The van der Waals surface area contributed by atoms with Crippen LogP contribution in [0.15, 0.2) is 24.3 Å². The van der Waals surface area contributed by atoms with Crippen molar-refractivity contribution >= 4 is 11.9 Å². The third-order valence-corrected chi connectivity index (χ3v) is 4.79. The number of benzene rings is 1. The molecule has 144 valence electrons. The van der Waals surface area contributed by atoms with Gasteiger partial charge in [-0.05, 0) is 52.3 Å². The van der Waals surface area contributed by atoms with Gasteiger partial charge in [-0.25, -0.2) is 9.48 Å². The van der Waals surface area contributed by atoms with Crippen molar-refractivity contribution in [3.05, 3.63) is 46.8 Å². The van der Waals surface area contributed by atoms with Crippen molar-refractivity contribution in [2.24, 2.45) is 0 Å². The molecule has 1 aliphatic rings. The summed E-state index contributed by atoms with van der Waals surface area (Å²) in [5, 5.41) is 9.82. The number of rotatable bonds is 6. The maximum atomic E-state index is 12.1. The average Bonchev–Trinajstić information content (AvgIpc) is 3.36. The molecule has 1 saturated carbocycles. The maximum Gasteiger partial charge on any atom is 0.321 e. The number of aromatic nitrogens is 2. The van der Waals surface area contributed by atoms with E-state index < -0.39 is 6.03 Å². The molecule has 2 aromatic rings. The van der Waals surface area contributed by atoms with Gasteiger partial charge in [0.15, 0.2) is 0 Å². The van der Waals surface area contributed by atoms with Crippen LogP contribution in [0, 0.1) is 20.8 Å². The zero-order chi connectivity index (χ0) is 19.6. The molecule has 0 atom stereocenters. The molecule has 27 heavy (non-hydrogen) atoms. The molecule has 3 amide bonds. The number of para-hydroxylation sites is 1. The number of urea groups is 1. The molecule has 0 aliphatic heterocycles. The van der Waals surface area contributed by atoms with Crippen molar-refractivity contribution in [1.29, 1.82) is 0 Å². The van der Waals surface area contributed by atoms with E-state index in [1.54, 1.807) is 0 Å². The summed E-state index contributed by atoms with van der Waals surface area (Å²) in [4.78, 5) is 25.6. The molecule has 0 spiro atoms. The zero-order valence-electron chi connectivity index (χ0n) is 16.4. The lowest BCUT2D eigenvalue weighted by atomic mass is 10.1. The molecule has 0 radical (unpaired) electrons. The summed E-state index contributed by atoms with van der Waals surface area (Å²) in [6.45, 7) is 6.81. The molecule has 1 aromatic heterocycles. The van der Waals surface area contributed by atoms with E-state index in [1.165, 1.54) is 0 Å². The average molecular weight is 369 g/mol. The summed E-state index contributed by atoms with van der Waals surface area (Å²) in [7, 11) is 1.86. The fourth-order valence-electron chi connectivity index (χ4n) is 3.13. The normalized spacial score (nSPS) is 13.7. The Bertz CT molecular complexity index is 854. The van der Waals surface area contributed by atoms with E-state index in [4.69, 9.17) is 0 Å². The predicted molar refractivity (Wildman–Crippen MR) is 104 cm³/mol. The lowest BCUT2D eigenvalue weighted by molar-refractivity contribution is -0.120. The molecular weight excluding hydrogens is 342 g/mol. The molecule has 1 aromatic carbocycles. The Labute approximate surface area is 159 Å². The molecule has 1 fully saturated rings. The van der Waals surface area contributed by atoms with Crippen molar-refractivity contribution in [1.82, 2.24) is 25.3 Å². The molecular formula is C20H27N5O2. The van der Waals surface area contributed by atoms with Gasteiger partial charge in [-0.3, -0.25) is 15.0 Å². The highest BCUT2D eigenvalue weighted by Gasteiger charge is 2.24. The first-order valence-corrected chi connectivity index (χ1v) is 9.25. The number of aryl methyl sites for hydroxylation is 2. The third-order valence-electron chi connectivity index (χ3n) is 4.79. The first kappa shape index (κ1) is 19.1. The number of nitrogens with zero attached hydrogens (tertiary/aromatic N) is 3. The van der Waals surface area contributed by atoms with E-state index in [2.05, 4.69) is 28.7 Å². The van der Waals surface area contributed by atoms with Gasteiger partial charge in [0, 0.05) is 23.8 Å². The Morgan fingerprint density at radius 3 is 2.59 bits per heavy atom. The standard InChI is InChI=1S/C20H27N5O2/c1-13-7-5-6-8-18(13)25-15(3)17(14(2)23-25)11-24(4)12-19(26)22-20(27)21-16-9-10-16/h5-8,16H,9-12H2,1-4H3,(H2,21,22,26,27). The minimum Gasteiger partial charge on any atom is -0.335 e. The highest BCUT2D eigenvalue weighted by atomic mass is 16.2. The summed E-state index contributed by atoms with van der Waals surface area (Å²) < 4.78 is 1.96. The number of hydrogen-bond donors (Lipinski definition) is 2. The number of likely N-dealkylation sites (N-methyl/N-ethyl adjacent to an activating group) is 1. The monoisotopic (exact) mass is 369 g/mol. The third kappa shape index (κ3) is 4.74. The van der Waals surface area contributed by atoms with Gasteiger partial charge < -0.3 is 5.32 Å². The fraction of sp³-hybridized carbons (Fsp3) is 0.450. The summed E-state index contributed by atoms with van der Waals surface area (Å²) in [6.07, 6.45) is 1.98. The highest BCUT2D eigenvalue weighted by Crippen LogP contribution is 2.21. The smallest absolute Gasteiger partial charge is 0.321 e. The summed E-state index contributed by atoms with van der Waals surface area (Å²) in [5.41, 5.74) is 5.30. The van der Waals surface area contributed by atoms with Crippen LogP contribution in [-0.2, 0) is 11.3 Å². The van der Waals surface area contributed by atoms with E-state index in [-0.39, 0.29) is 18.5 Å². The second-order valence-electron chi connectivity index (χ2n) is 7.32. The van der Waals surface area contributed by atoms with Crippen molar-refractivity contribution in [3.63, 3.8) is 0 Å². The van der Waals surface area contributed by atoms with Crippen molar-refractivity contribution in [2.75, 3.05) is 13.6 Å². The van der Waals surface area contributed by atoms with Gasteiger partial charge in [0.1, 0.15) is 0 Å². The number of hydrogen-bond acceptors (Lipinski definition) is 4. The predicted octanol–water partition coefficient (Wildman–Crippen LogP) is 2.22. The Balaban J connectivity index is 1.64. The highest BCUT2D eigenvalue weighted by molar-refractivity contribution is 5.95. The molecule has 0 bridgehead atoms. The molecule has 1 aliphatic carbocycles. The molecule has 1 heterocycles. The maximum absolute atomic E-state index is 12.1. The molecule has 0 unspecified atom stereocenters. The number of nitrogens with one attached hydrogen (secondary N) is 2. The quantitative estimate of drug-likeness (QED) is 0.818. The van der Waals surface area contributed by atoms with Gasteiger partial charge in [-0.2, -0.15) is 5.10 Å². The Morgan fingerprint density at radius 1 is 1.22 bits per heavy atom. The van der Waals surface area contributed by atoms with Crippen LogP contribution in [0.25, 0.3) is 5.69 Å². The SMILES string of the molecule is Cc1ccccc1-n1nc(C)c(CN(C)CC(=O)NC(=O)NC2CC2)c1C. The molecule has 0 saturated heterocycles. The lowest BCUT2D eigenvalue weighted by Gasteiger charge is -2.16. The molecule has 3 rings (SSSR count). The first-order valence-electron chi connectivity index (χ1n) is 9.25. The van der Waals surface area contributed by atoms with Crippen LogP contribution in [0.3, 0.4) is 0 Å². The van der Waals surface area contributed by atoms with Crippen LogP contribution in [0.1, 0.15) is 35.4 Å². The molecule has 2 N–H and O–H groups in total. The minimum atomic E-state index is -0.407. The summed E-state index contributed by atoms with van der Waals surface area (Å²) >= 11 is 0. The van der Waals surface area contributed by atoms with Crippen LogP contribution >= 0.6 is 0 Å². The second kappa shape index (κ2) is 7.92. The number of amides is 3. The largest absolute Gasteiger partial charge is 0.335 e. The minimum absolute atomic E-state index is 0.145. The van der Waals surface area contributed by atoms with Crippen molar-refractivity contribution in [2.45, 2.75) is 46.2 Å². The van der Waals surface area contributed by atoms with Crippen molar-refractivity contribution < 1.29 is 9.59 Å². The first-order chi connectivity index (χ1) is 12.8. The van der Waals surface area contributed by atoms with Crippen LogP contribution in [0.4, 0.5) is 4.79 Å². The zero-order valence-corrected chi connectivity index (χ0v) is 16.4. The summed E-state index contributed by atoms with van der Waals surface area (Å²) in [5.74, 6) is -0.308. The Morgan fingerprint density at radius 2 is 1.93 bits per heavy atom. The van der Waals surface area contributed by atoms with Crippen LogP contribution in [-0.4, -0.2) is 46.3 Å². The van der Waals surface area contributed by atoms with Gasteiger partial charge in [-0.15, -0.1) is 0 Å². The van der Waals surface area contributed by atoms with Gasteiger partial charge in [0.2, 0.25) is 5.91 Å². The van der Waals surface area contributed by atoms with Crippen LogP contribution in [0.5, 0.6) is 0 Å². The Hall–Kier alpha value is -2.67. The number of carbonyl (C=O) groups is 2. The lowest BCUT2D eigenvalue weighted by Crippen LogP contribution is -2.44. The molecule has 7 heteroatoms. The summed E-state index contributed by atoms with van der Waals surface area (Å²) in [6, 6.07) is 7.95. The Kier molecular flexibility index (Phi) is 5.60. The fourth-order valence-corrected chi connectivity index (χ4v) is 3.13. The van der Waals surface area contributed by atoms with Crippen molar-refractivity contribution in [3.8, 4) is 5.69 Å². The van der Waals surface area contributed by atoms with Gasteiger partial charge in [0.05, 0.1) is 17.9 Å². The van der Waals surface area contributed by atoms with E-state index >= 15 is 0 Å². The van der Waals surface area contributed by atoms with Gasteiger partial charge in [-0.1, -0.05) is 18.2 Å². The topological polar surface area (TPSA) is 79.3 Å². The van der Waals surface area contributed by atoms with Gasteiger partial charge in [0.25, 0.3) is 0 Å². The number of carbonyl (C=O) groups excluding carboxylic acids is 2. The van der Waals surface area contributed by atoms with Crippen LogP contribution in [0.2, 0.25) is 0 Å². The molecule has 7 nitrogen and oxygen atoms in total. The second-order valence-corrected chi connectivity index (χ2v) is 7.32. The van der Waals surface area contributed by atoms with E-state index in [9.17, 15) is 9.59 Å². The van der Waals surface area contributed by atoms with E-state index in [0.717, 1.165) is 41.0 Å². The number of imide groups is 1. The van der Waals surface area contributed by atoms with Gasteiger partial charge >= 0.3 is 6.03 Å². The van der Waals surface area contributed by atoms with E-state index in [1.807, 2.05) is 48.7 Å². The van der Waals surface area contributed by atoms with E-state index in [0.29, 0.717) is 6.54 Å².